The fraction of sp³-hybridized carbons (Fsp3) is 0.0417. The van der Waals surface area contributed by atoms with Crippen LogP contribution in [0.2, 0.25) is 0 Å². The number of carbonyl (C=O) groups is 2. The summed E-state index contributed by atoms with van der Waals surface area (Å²) >= 11 is 0. The van der Waals surface area contributed by atoms with Crippen molar-refractivity contribution in [1.82, 2.24) is 10.3 Å². The SMILES string of the molecule is O=C(N[C@H]1N=C(c2ccccc2)c2ccccc2NC1=O)c1cc2ccccc2[nH]1. The zero-order valence-electron chi connectivity index (χ0n) is 15.9. The molecule has 0 bridgehead atoms. The highest BCUT2D eigenvalue weighted by atomic mass is 16.2. The maximum Gasteiger partial charge on any atom is 0.269 e. The Bertz CT molecular complexity index is 1260. The maximum absolute atomic E-state index is 12.9. The molecule has 0 aliphatic carbocycles. The first-order valence-corrected chi connectivity index (χ1v) is 9.61. The van der Waals surface area contributed by atoms with Gasteiger partial charge in [-0.05, 0) is 18.2 Å². The van der Waals surface area contributed by atoms with Crippen molar-refractivity contribution in [2.24, 2.45) is 4.99 Å². The zero-order valence-corrected chi connectivity index (χ0v) is 15.9. The van der Waals surface area contributed by atoms with Gasteiger partial charge in [0.2, 0.25) is 6.17 Å². The largest absolute Gasteiger partial charge is 0.351 e. The van der Waals surface area contributed by atoms with Crippen LogP contribution < -0.4 is 10.6 Å². The number of aromatic nitrogens is 1. The van der Waals surface area contributed by atoms with Crippen molar-refractivity contribution < 1.29 is 9.59 Å². The van der Waals surface area contributed by atoms with Gasteiger partial charge in [-0.3, -0.25) is 9.59 Å². The third-order valence-corrected chi connectivity index (χ3v) is 5.04. The fourth-order valence-electron chi connectivity index (χ4n) is 3.58. The van der Waals surface area contributed by atoms with Gasteiger partial charge in [0.25, 0.3) is 11.8 Å². The van der Waals surface area contributed by atoms with Gasteiger partial charge >= 0.3 is 0 Å². The molecule has 146 valence electrons. The molecule has 30 heavy (non-hydrogen) atoms. The highest BCUT2D eigenvalue weighted by Gasteiger charge is 2.27. The summed E-state index contributed by atoms with van der Waals surface area (Å²) in [5.41, 5.74) is 4.21. The lowest BCUT2D eigenvalue weighted by Crippen LogP contribution is -2.42. The highest BCUT2D eigenvalue weighted by Crippen LogP contribution is 2.24. The van der Waals surface area contributed by atoms with Crippen LogP contribution >= 0.6 is 0 Å². The van der Waals surface area contributed by atoms with Gasteiger partial charge in [0.05, 0.1) is 11.4 Å². The van der Waals surface area contributed by atoms with Crippen LogP contribution in [0.5, 0.6) is 0 Å². The van der Waals surface area contributed by atoms with Crippen molar-refractivity contribution in [3.8, 4) is 0 Å². The molecule has 2 heterocycles. The molecule has 0 unspecified atom stereocenters. The van der Waals surface area contributed by atoms with Crippen LogP contribution in [-0.4, -0.2) is 28.7 Å². The minimum atomic E-state index is -1.06. The Labute approximate surface area is 172 Å². The number of fused-ring (bicyclic) bond motifs is 2. The number of nitrogens with one attached hydrogen (secondary N) is 3. The summed E-state index contributed by atoms with van der Waals surface area (Å²) in [5.74, 6) is -0.786. The molecule has 3 aromatic carbocycles. The van der Waals surface area contributed by atoms with Crippen LogP contribution in [0.4, 0.5) is 5.69 Å². The molecule has 2 amide bonds. The van der Waals surface area contributed by atoms with E-state index in [1.54, 1.807) is 6.07 Å². The molecule has 0 radical (unpaired) electrons. The topological polar surface area (TPSA) is 86.3 Å². The maximum atomic E-state index is 12.9. The van der Waals surface area contributed by atoms with Crippen LogP contribution in [-0.2, 0) is 4.79 Å². The Morgan fingerprint density at radius 1 is 0.900 bits per heavy atom. The number of H-pyrrole nitrogens is 1. The zero-order chi connectivity index (χ0) is 20.5. The number of hydrogen-bond donors (Lipinski definition) is 3. The van der Waals surface area contributed by atoms with Gasteiger partial charge in [0.15, 0.2) is 0 Å². The van der Waals surface area contributed by atoms with Crippen LogP contribution in [0.15, 0.2) is 89.9 Å². The molecule has 0 spiro atoms. The molecule has 6 nitrogen and oxygen atoms in total. The summed E-state index contributed by atoms with van der Waals surface area (Å²) in [5, 5.41) is 6.55. The standard InChI is InChI=1S/C24H18N4O2/c29-23(20-14-16-10-4-6-12-18(16)25-20)28-22-24(30)26-19-13-7-5-11-17(19)21(27-22)15-8-2-1-3-9-15/h1-14,22,25H,(H,26,30)(H,28,29)/t22-/m1/s1. The van der Waals surface area contributed by atoms with E-state index in [9.17, 15) is 9.59 Å². The first-order chi connectivity index (χ1) is 14.7. The second-order valence-electron chi connectivity index (χ2n) is 7.02. The van der Waals surface area contributed by atoms with Crippen molar-refractivity contribution >= 4 is 34.1 Å². The minimum Gasteiger partial charge on any atom is -0.351 e. The van der Waals surface area contributed by atoms with Gasteiger partial charge < -0.3 is 15.6 Å². The second kappa shape index (κ2) is 7.33. The van der Waals surface area contributed by atoms with E-state index in [0.717, 1.165) is 22.0 Å². The van der Waals surface area contributed by atoms with Crippen LogP contribution in [0.25, 0.3) is 10.9 Å². The number of nitrogens with zero attached hydrogens (tertiary/aromatic N) is 1. The van der Waals surface area contributed by atoms with Gasteiger partial charge in [-0.2, -0.15) is 0 Å². The van der Waals surface area contributed by atoms with Crippen molar-refractivity contribution in [2.45, 2.75) is 6.17 Å². The first kappa shape index (κ1) is 17.9. The number of hydrogen-bond acceptors (Lipinski definition) is 3. The summed E-state index contributed by atoms with van der Waals surface area (Å²) in [6, 6.07) is 26.5. The molecular formula is C24H18N4O2. The number of carbonyl (C=O) groups excluding carboxylic acids is 2. The average Bonchev–Trinajstić information content (AvgIpc) is 3.16. The van der Waals surface area contributed by atoms with E-state index in [-0.39, 0.29) is 0 Å². The summed E-state index contributed by atoms with van der Waals surface area (Å²) < 4.78 is 0. The van der Waals surface area contributed by atoms with Crippen molar-refractivity contribution in [1.29, 1.82) is 0 Å². The molecule has 5 rings (SSSR count). The average molecular weight is 394 g/mol. The van der Waals surface area contributed by atoms with Gasteiger partial charge in [-0.15, -0.1) is 0 Å². The van der Waals surface area contributed by atoms with Crippen molar-refractivity contribution in [3.05, 3.63) is 102 Å². The van der Waals surface area contributed by atoms with Gasteiger partial charge in [0, 0.05) is 22.0 Å². The predicted octanol–water partition coefficient (Wildman–Crippen LogP) is 3.71. The number of benzene rings is 3. The van der Waals surface area contributed by atoms with E-state index in [0.29, 0.717) is 17.1 Å². The number of benzodiazepines with no additional fused rings is 1. The molecule has 6 heteroatoms. The van der Waals surface area contributed by atoms with Crippen LogP contribution in [0.3, 0.4) is 0 Å². The molecule has 1 aromatic heterocycles. The summed E-state index contributed by atoms with van der Waals surface area (Å²) in [6.07, 6.45) is -1.06. The summed E-state index contributed by atoms with van der Waals surface area (Å²) in [6.45, 7) is 0. The van der Waals surface area contributed by atoms with E-state index in [1.165, 1.54) is 0 Å². The Hall–Kier alpha value is -4.19. The van der Waals surface area contributed by atoms with E-state index in [2.05, 4.69) is 20.6 Å². The van der Waals surface area contributed by atoms with E-state index >= 15 is 0 Å². The van der Waals surface area contributed by atoms with Crippen LogP contribution in [0.1, 0.15) is 21.6 Å². The normalized spacial score (nSPS) is 15.7. The number of amides is 2. The summed E-state index contributed by atoms with van der Waals surface area (Å²) in [7, 11) is 0. The Morgan fingerprint density at radius 2 is 1.63 bits per heavy atom. The van der Waals surface area contributed by atoms with E-state index in [4.69, 9.17) is 0 Å². The number of rotatable bonds is 3. The monoisotopic (exact) mass is 394 g/mol. The Morgan fingerprint density at radius 3 is 2.47 bits per heavy atom. The number of para-hydroxylation sites is 2. The Balaban J connectivity index is 1.52. The molecular weight excluding hydrogens is 376 g/mol. The van der Waals surface area contributed by atoms with E-state index < -0.39 is 18.0 Å². The highest BCUT2D eigenvalue weighted by molar-refractivity contribution is 6.20. The van der Waals surface area contributed by atoms with Crippen molar-refractivity contribution in [3.63, 3.8) is 0 Å². The molecule has 0 saturated heterocycles. The summed E-state index contributed by atoms with van der Waals surface area (Å²) in [4.78, 5) is 33.4. The predicted molar refractivity (Wildman–Crippen MR) is 117 cm³/mol. The smallest absolute Gasteiger partial charge is 0.269 e. The van der Waals surface area contributed by atoms with Crippen molar-refractivity contribution in [2.75, 3.05) is 5.32 Å². The van der Waals surface area contributed by atoms with Gasteiger partial charge in [-0.25, -0.2) is 4.99 Å². The van der Waals surface area contributed by atoms with Gasteiger partial charge in [0.1, 0.15) is 5.69 Å². The van der Waals surface area contributed by atoms with Crippen LogP contribution in [0, 0.1) is 0 Å². The minimum absolute atomic E-state index is 0.377. The lowest BCUT2D eigenvalue weighted by molar-refractivity contribution is -0.117. The third-order valence-electron chi connectivity index (χ3n) is 5.04. The van der Waals surface area contributed by atoms with E-state index in [1.807, 2.05) is 78.9 Å². The first-order valence-electron chi connectivity index (χ1n) is 9.61. The molecule has 4 aromatic rings. The lowest BCUT2D eigenvalue weighted by Gasteiger charge is -2.12. The molecule has 1 aliphatic heterocycles. The second-order valence-corrected chi connectivity index (χ2v) is 7.02. The quantitative estimate of drug-likeness (QED) is 0.495. The van der Waals surface area contributed by atoms with Gasteiger partial charge in [-0.1, -0.05) is 66.7 Å². The molecule has 1 aliphatic rings. The fourth-order valence-corrected chi connectivity index (χ4v) is 3.58. The Kier molecular flexibility index (Phi) is 4.37. The number of aliphatic imine (C=N–C) groups is 1. The molecule has 3 N–H and O–H groups in total. The molecule has 0 fully saturated rings. The lowest BCUT2D eigenvalue weighted by atomic mass is 10.0. The number of aromatic amines is 1. The number of anilines is 1. The third kappa shape index (κ3) is 3.24. The molecule has 0 saturated carbocycles. The molecule has 1 atom stereocenters.